The minimum Gasteiger partial charge on any atom is -0.478 e. The summed E-state index contributed by atoms with van der Waals surface area (Å²) < 4.78 is 13.3. The van der Waals surface area contributed by atoms with Crippen LogP contribution in [0.25, 0.3) is 0 Å². The Morgan fingerprint density at radius 2 is 2.00 bits per heavy atom. The van der Waals surface area contributed by atoms with Gasteiger partial charge in [-0.1, -0.05) is 0 Å². The molecular weight excluding hydrogens is 257 g/mol. The first-order valence-corrected chi connectivity index (χ1v) is 5.19. The first-order chi connectivity index (χ1) is 8.81. The molecule has 102 valence electrons. The molecule has 0 aliphatic heterocycles. The molecule has 7 nitrogen and oxygen atoms in total. The van der Waals surface area contributed by atoms with Crippen molar-refractivity contribution in [2.45, 2.75) is 12.5 Å². The normalized spacial score (nSPS) is 11.7. The van der Waals surface area contributed by atoms with Crippen LogP contribution < -0.4 is 16.8 Å². The molecule has 6 N–H and O–H groups in total. The van der Waals surface area contributed by atoms with Crippen LogP contribution in [-0.2, 0) is 9.59 Å². The van der Waals surface area contributed by atoms with E-state index in [0.717, 1.165) is 12.1 Å². The van der Waals surface area contributed by atoms with Gasteiger partial charge in [-0.25, -0.2) is 9.18 Å². The highest BCUT2D eigenvalue weighted by Crippen LogP contribution is 2.14. The number of rotatable bonds is 5. The zero-order valence-electron chi connectivity index (χ0n) is 9.72. The number of hydrogen-bond acceptors (Lipinski definition) is 4. The molecule has 0 radical (unpaired) electrons. The quantitative estimate of drug-likeness (QED) is 0.580. The van der Waals surface area contributed by atoms with Gasteiger partial charge in [0.1, 0.15) is 5.82 Å². The van der Waals surface area contributed by atoms with Gasteiger partial charge in [0.15, 0.2) is 0 Å². The van der Waals surface area contributed by atoms with Gasteiger partial charge in [0.25, 0.3) is 0 Å². The summed E-state index contributed by atoms with van der Waals surface area (Å²) in [4.78, 5) is 32.7. The molecule has 0 heterocycles. The van der Waals surface area contributed by atoms with Crippen LogP contribution in [0.15, 0.2) is 18.2 Å². The lowest BCUT2D eigenvalue weighted by atomic mass is 10.1. The third-order valence-electron chi connectivity index (χ3n) is 2.22. The minimum atomic E-state index is -1.42. The highest BCUT2D eigenvalue weighted by Gasteiger charge is 2.17. The topological polar surface area (TPSA) is 136 Å². The molecule has 0 saturated carbocycles. The van der Waals surface area contributed by atoms with E-state index in [4.69, 9.17) is 16.6 Å². The molecule has 0 aliphatic rings. The summed E-state index contributed by atoms with van der Waals surface area (Å²) >= 11 is 0. The zero-order valence-corrected chi connectivity index (χ0v) is 9.72. The molecule has 0 aliphatic carbocycles. The number of nitrogens with two attached hydrogens (primary N) is 2. The molecular formula is C11H12FN3O4. The number of halogens is 1. The van der Waals surface area contributed by atoms with Gasteiger partial charge < -0.3 is 21.9 Å². The van der Waals surface area contributed by atoms with E-state index < -0.39 is 35.2 Å². The van der Waals surface area contributed by atoms with Crippen molar-refractivity contribution in [3.05, 3.63) is 29.6 Å². The smallest absolute Gasteiger partial charge is 0.338 e. The number of carboxylic acid groups (broad SMARTS) is 1. The van der Waals surface area contributed by atoms with Crippen LogP contribution in [0.5, 0.6) is 0 Å². The van der Waals surface area contributed by atoms with Crippen molar-refractivity contribution in [3.8, 4) is 0 Å². The molecule has 1 aromatic carbocycles. The number of carboxylic acids is 1. The summed E-state index contributed by atoms with van der Waals surface area (Å²) in [6, 6.07) is 1.91. The Kier molecular flexibility index (Phi) is 4.54. The number of carbonyl (C=O) groups excluding carboxylic acids is 2. The second-order valence-electron chi connectivity index (χ2n) is 3.77. The van der Waals surface area contributed by atoms with Gasteiger partial charge in [-0.2, -0.15) is 0 Å². The van der Waals surface area contributed by atoms with E-state index in [0.29, 0.717) is 0 Å². The second-order valence-corrected chi connectivity index (χ2v) is 3.77. The molecule has 8 heteroatoms. The molecule has 19 heavy (non-hydrogen) atoms. The third-order valence-corrected chi connectivity index (χ3v) is 2.22. The average Bonchev–Trinajstić information content (AvgIpc) is 2.27. The Morgan fingerprint density at radius 3 is 2.47 bits per heavy atom. The molecule has 1 rings (SSSR count). The van der Waals surface area contributed by atoms with E-state index in [1.165, 1.54) is 6.07 Å². The molecule has 1 aromatic rings. The Morgan fingerprint density at radius 1 is 1.37 bits per heavy atom. The van der Waals surface area contributed by atoms with E-state index in [1.54, 1.807) is 0 Å². The highest BCUT2D eigenvalue weighted by atomic mass is 19.1. The number of primary amides is 1. The molecule has 0 spiro atoms. The van der Waals surface area contributed by atoms with Crippen LogP contribution in [0.1, 0.15) is 16.8 Å². The predicted octanol–water partition coefficient (Wildman–Crippen LogP) is -0.335. The molecule has 0 fully saturated rings. The van der Waals surface area contributed by atoms with Crippen LogP contribution in [0.2, 0.25) is 0 Å². The van der Waals surface area contributed by atoms with Gasteiger partial charge >= 0.3 is 5.97 Å². The van der Waals surface area contributed by atoms with Crippen LogP contribution in [0.3, 0.4) is 0 Å². The number of nitrogens with one attached hydrogen (secondary N) is 1. The highest BCUT2D eigenvalue weighted by molar-refractivity contribution is 5.97. The maximum atomic E-state index is 13.3. The second kappa shape index (κ2) is 5.91. The third kappa shape index (κ3) is 4.03. The monoisotopic (exact) mass is 269 g/mol. The van der Waals surface area contributed by atoms with Gasteiger partial charge in [-0.3, -0.25) is 9.59 Å². The first kappa shape index (κ1) is 14.6. The predicted molar refractivity (Wildman–Crippen MR) is 63.8 cm³/mol. The van der Waals surface area contributed by atoms with Crippen LogP contribution in [0.4, 0.5) is 10.1 Å². The van der Waals surface area contributed by atoms with Gasteiger partial charge in [0, 0.05) is 5.69 Å². The van der Waals surface area contributed by atoms with E-state index in [-0.39, 0.29) is 12.1 Å². The van der Waals surface area contributed by atoms with Crippen molar-refractivity contribution in [2.75, 3.05) is 5.32 Å². The van der Waals surface area contributed by atoms with Crippen molar-refractivity contribution in [1.82, 2.24) is 0 Å². The number of benzene rings is 1. The van der Waals surface area contributed by atoms with Crippen molar-refractivity contribution in [1.29, 1.82) is 0 Å². The number of anilines is 1. The van der Waals surface area contributed by atoms with Gasteiger partial charge in [-0.15, -0.1) is 0 Å². The maximum absolute atomic E-state index is 13.3. The Labute approximate surface area is 107 Å². The molecule has 1 atom stereocenters. The molecule has 2 amide bonds. The summed E-state index contributed by atoms with van der Waals surface area (Å²) in [7, 11) is 0. The Bertz CT molecular complexity index is 533. The molecule has 0 saturated heterocycles. The van der Waals surface area contributed by atoms with E-state index in [1.807, 2.05) is 0 Å². The van der Waals surface area contributed by atoms with Crippen molar-refractivity contribution in [2.24, 2.45) is 11.5 Å². The van der Waals surface area contributed by atoms with Crippen molar-refractivity contribution >= 4 is 23.5 Å². The lowest BCUT2D eigenvalue weighted by Gasteiger charge is -2.11. The average molecular weight is 269 g/mol. The van der Waals surface area contributed by atoms with Crippen LogP contribution in [0, 0.1) is 5.82 Å². The fraction of sp³-hybridized carbons (Fsp3) is 0.182. The first-order valence-electron chi connectivity index (χ1n) is 5.19. The van der Waals surface area contributed by atoms with Gasteiger partial charge in [-0.05, 0) is 18.2 Å². The standard InChI is InChI=1S/C11H12FN3O4/c12-7-3-5(1-2-6(7)11(18)19)15-10(17)8(13)4-9(14)16/h1-3,8H,4,13H2,(H2,14,16)(H,15,17)(H,18,19). The lowest BCUT2D eigenvalue weighted by molar-refractivity contribution is -0.123. The fourth-order valence-corrected chi connectivity index (χ4v) is 1.31. The number of carbonyl (C=O) groups is 3. The zero-order chi connectivity index (χ0) is 14.6. The summed E-state index contributed by atoms with van der Waals surface area (Å²) in [5.41, 5.74) is 9.78. The number of hydrogen-bond donors (Lipinski definition) is 4. The number of amides is 2. The van der Waals surface area contributed by atoms with E-state index >= 15 is 0 Å². The summed E-state index contributed by atoms with van der Waals surface area (Å²) in [5.74, 6) is -3.87. The Hall–Kier alpha value is -2.48. The summed E-state index contributed by atoms with van der Waals surface area (Å²) in [6.07, 6.45) is -0.346. The minimum absolute atomic E-state index is 0.0346. The van der Waals surface area contributed by atoms with E-state index in [2.05, 4.69) is 5.32 Å². The summed E-state index contributed by atoms with van der Waals surface area (Å²) in [6.45, 7) is 0. The van der Waals surface area contributed by atoms with Gasteiger partial charge in [0.05, 0.1) is 18.0 Å². The van der Waals surface area contributed by atoms with Crippen molar-refractivity contribution in [3.63, 3.8) is 0 Å². The fourth-order valence-electron chi connectivity index (χ4n) is 1.31. The molecule has 0 aromatic heterocycles. The van der Waals surface area contributed by atoms with E-state index in [9.17, 15) is 18.8 Å². The van der Waals surface area contributed by atoms with Crippen molar-refractivity contribution < 1.29 is 23.9 Å². The molecule has 0 bridgehead atoms. The Balaban J connectivity index is 2.78. The molecule has 1 unspecified atom stereocenters. The van der Waals surface area contributed by atoms with Crippen LogP contribution in [-0.4, -0.2) is 28.9 Å². The largest absolute Gasteiger partial charge is 0.478 e. The van der Waals surface area contributed by atoms with Crippen LogP contribution >= 0.6 is 0 Å². The summed E-state index contributed by atoms with van der Waals surface area (Å²) in [5, 5.41) is 10.9. The van der Waals surface area contributed by atoms with Gasteiger partial charge in [0.2, 0.25) is 11.8 Å². The SMILES string of the molecule is NC(=O)CC(N)C(=O)Nc1ccc(C(=O)O)c(F)c1. The lowest BCUT2D eigenvalue weighted by Crippen LogP contribution is -2.39. The maximum Gasteiger partial charge on any atom is 0.338 e. The number of aromatic carboxylic acids is 1.